The Labute approximate surface area is 119 Å². The van der Waals surface area contributed by atoms with Gasteiger partial charge in [0.05, 0.1) is 0 Å². The number of ether oxygens (including phenoxy) is 2. The van der Waals surface area contributed by atoms with E-state index in [-0.39, 0.29) is 18.6 Å². The Morgan fingerprint density at radius 2 is 2.10 bits per heavy atom. The maximum atomic E-state index is 11.9. The highest BCUT2D eigenvalue weighted by atomic mass is 16.5. The van der Waals surface area contributed by atoms with Crippen LogP contribution in [0.15, 0.2) is 24.3 Å². The van der Waals surface area contributed by atoms with Crippen LogP contribution in [0.2, 0.25) is 0 Å². The van der Waals surface area contributed by atoms with Crippen molar-refractivity contribution < 1.29 is 14.3 Å². The number of carbonyl (C=O) groups is 1. The summed E-state index contributed by atoms with van der Waals surface area (Å²) in [6, 6.07) is 7.89. The van der Waals surface area contributed by atoms with E-state index in [1.54, 1.807) is 0 Å². The van der Waals surface area contributed by atoms with E-state index in [1.165, 1.54) is 0 Å². The van der Waals surface area contributed by atoms with Crippen molar-refractivity contribution in [3.63, 3.8) is 0 Å². The summed E-state index contributed by atoms with van der Waals surface area (Å²) in [5, 5.41) is 2.97. The summed E-state index contributed by atoms with van der Waals surface area (Å²) in [4.78, 5) is 11.9. The first-order valence-electron chi connectivity index (χ1n) is 7.07. The molecule has 1 heterocycles. The largest absolute Gasteiger partial charge is 0.483 e. The number of hydrogen-bond acceptors (Lipinski definition) is 4. The van der Waals surface area contributed by atoms with Gasteiger partial charge >= 0.3 is 0 Å². The first kappa shape index (κ1) is 14.8. The van der Waals surface area contributed by atoms with E-state index < -0.39 is 0 Å². The number of hydrogen-bond donors (Lipinski definition) is 2. The summed E-state index contributed by atoms with van der Waals surface area (Å²) in [7, 11) is 0. The highest BCUT2D eigenvalue weighted by Crippen LogP contribution is 2.18. The fraction of sp³-hybridized carbons (Fsp3) is 0.533. The van der Waals surface area contributed by atoms with Crippen LogP contribution in [0.4, 0.5) is 0 Å². The quantitative estimate of drug-likeness (QED) is 0.809. The van der Waals surface area contributed by atoms with Crippen molar-refractivity contribution in [3.8, 4) is 5.75 Å². The van der Waals surface area contributed by atoms with Crippen molar-refractivity contribution in [1.82, 2.24) is 5.32 Å². The molecular weight excluding hydrogens is 256 g/mol. The number of nitrogens with two attached hydrogens (primary N) is 1. The van der Waals surface area contributed by atoms with Gasteiger partial charge in [0.2, 0.25) is 0 Å². The van der Waals surface area contributed by atoms with Crippen LogP contribution in [-0.2, 0) is 16.0 Å². The molecule has 1 fully saturated rings. The molecule has 5 heteroatoms. The third kappa shape index (κ3) is 4.51. The molecule has 1 aromatic rings. The molecule has 5 nitrogen and oxygen atoms in total. The molecule has 1 aliphatic heterocycles. The fourth-order valence-electron chi connectivity index (χ4n) is 2.26. The number of nitrogens with one attached hydrogen (secondary N) is 1. The summed E-state index contributed by atoms with van der Waals surface area (Å²) in [5.74, 6) is 0.652. The van der Waals surface area contributed by atoms with Crippen LogP contribution in [0.25, 0.3) is 0 Å². The maximum absolute atomic E-state index is 11.9. The van der Waals surface area contributed by atoms with Crippen LogP contribution in [0.1, 0.15) is 18.4 Å². The average Bonchev–Trinajstić information content (AvgIpc) is 2.48. The van der Waals surface area contributed by atoms with Gasteiger partial charge in [-0.3, -0.25) is 4.79 Å². The standard InChI is InChI=1S/C15H22N2O3/c16-8-5-12-3-1-2-4-14(12)20-11-15(18)17-13-6-9-19-10-7-13/h1-4,13H,5-11,16H2,(H,17,18). The molecule has 0 unspecified atom stereocenters. The lowest BCUT2D eigenvalue weighted by Gasteiger charge is -2.23. The molecule has 0 aromatic heterocycles. The van der Waals surface area contributed by atoms with Crippen molar-refractivity contribution in [2.24, 2.45) is 5.73 Å². The lowest BCUT2D eigenvalue weighted by molar-refractivity contribution is -0.124. The number of benzene rings is 1. The van der Waals surface area contributed by atoms with E-state index in [0.717, 1.165) is 30.6 Å². The summed E-state index contributed by atoms with van der Waals surface area (Å²) in [5.41, 5.74) is 6.60. The van der Waals surface area contributed by atoms with Gasteiger partial charge in [-0.15, -0.1) is 0 Å². The SMILES string of the molecule is NCCc1ccccc1OCC(=O)NC1CCOCC1. The van der Waals surface area contributed by atoms with Gasteiger partial charge in [0.25, 0.3) is 5.91 Å². The second-order valence-corrected chi connectivity index (χ2v) is 4.89. The van der Waals surface area contributed by atoms with Crippen molar-refractivity contribution in [2.75, 3.05) is 26.4 Å². The molecule has 0 saturated carbocycles. The van der Waals surface area contributed by atoms with Crippen LogP contribution in [0, 0.1) is 0 Å². The number of carbonyl (C=O) groups excluding carboxylic acids is 1. The van der Waals surface area contributed by atoms with Gasteiger partial charge in [-0.2, -0.15) is 0 Å². The molecule has 0 bridgehead atoms. The van der Waals surface area contributed by atoms with Gasteiger partial charge in [0, 0.05) is 19.3 Å². The van der Waals surface area contributed by atoms with Gasteiger partial charge in [-0.05, 0) is 37.4 Å². The second kappa shape index (κ2) is 7.87. The first-order chi connectivity index (χ1) is 9.79. The third-order valence-electron chi connectivity index (χ3n) is 3.33. The van der Waals surface area contributed by atoms with E-state index in [0.29, 0.717) is 19.8 Å². The molecule has 2 rings (SSSR count). The topological polar surface area (TPSA) is 73.6 Å². The number of rotatable bonds is 6. The molecule has 20 heavy (non-hydrogen) atoms. The molecule has 1 amide bonds. The minimum absolute atomic E-state index is 0.0406. The lowest BCUT2D eigenvalue weighted by Crippen LogP contribution is -2.41. The van der Waals surface area contributed by atoms with Crippen LogP contribution < -0.4 is 15.8 Å². The number of para-hydroxylation sites is 1. The summed E-state index contributed by atoms with van der Waals surface area (Å²) >= 11 is 0. The first-order valence-corrected chi connectivity index (χ1v) is 7.07. The van der Waals surface area contributed by atoms with Crippen LogP contribution in [0.5, 0.6) is 5.75 Å². The molecule has 3 N–H and O–H groups in total. The Balaban J connectivity index is 1.80. The number of amides is 1. The molecule has 1 saturated heterocycles. The van der Waals surface area contributed by atoms with E-state index in [1.807, 2.05) is 24.3 Å². The summed E-state index contributed by atoms with van der Waals surface area (Å²) < 4.78 is 10.9. The smallest absolute Gasteiger partial charge is 0.258 e. The summed E-state index contributed by atoms with van der Waals surface area (Å²) in [6.07, 6.45) is 2.49. The van der Waals surface area contributed by atoms with Crippen molar-refractivity contribution >= 4 is 5.91 Å². The molecule has 0 radical (unpaired) electrons. The zero-order valence-corrected chi connectivity index (χ0v) is 11.6. The predicted molar refractivity (Wildman–Crippen MR) is 76.7 cm³/mol. The van der Waals surface area contributed by atoms with Gasteiger partial charge in [-0.25, -0.2) is 0 Å². The van der Waals surface area contributed by atoms with Crippen molar-refractivity contribution in [2.45, 2.75) is 25.3 Å². The van der Waals surface area contributed by atoms with Gasteiger partial charge in [-0.1, -0.05) is 18.2 Å². The molecule has 1 aromatic carbocycles. The zero-order chi connectivity index (χ0) is 14.2. The Morgan fingerprint density at radius 3 is 2.85 bits per heavy atom. The molecule has 0 atom stereocenters. The van der Waals surface area contributed by atoms with Crippen molar-refractivity contribution in [1.29, 1.82) is 0 Å². The Morgan fingerprint density at radius 1 is 1.35 bits per heavy atom. The Bertz CT molecular complexity index is 431. The maximum Gasteiger partial charge on any atom is 0.258 e. The van der Waals surface area contributed by atoms with Gasteiger partial charge in [0.1, 0.15) is 5.75 Å². The average molecular weight is 278 g/mol. The third-order valence-corrected chi connectivity index (χ3v) is 3.33. The zero-order valence-electron chi connectivity index (χ0n) is 11.6. The van der Waals surface area contributed by atoms with E-state index >= 15 is 0 Å². The molecule has 0 spiro atoms. The van der Waals surface area contributed by atoms with Crippen molar-refractivity contribution in [3.05, 3.63) is 29.8 Å². The van der Waals surface area contributed by atoms with E-state index in [2.05, 4.69) is 5.32 Å². The molecular formula is C15H22N2O3. The highest BCUT2D eigenvalue weighted by molar-refractivity contribution is 5.77. The lowest BCUT2D eigenvalue weighted by atomic mass is 10.1. The highest BCUT2D eigenvalue weighted by Gasteiger charge is 2.16. The van der Waals surface area contributed by atoms with Gasteiger partial charge in [0.15, 0.2) is 6.61 Å². The predicted octanol–water partition coefficient (Wildman–Crippen LogP) is 0.862. The van der Waals surface area contributed by atoms with E-state index in [4.69, 9.17) is 15.2 Å². The molecule has 1 aliphatic rings. The van der Waals surface area contributed by atoms with Crippen LogP contribution in [-0.4, -0.2) is 38.3 Å². The Kier molecular flexibility index (Phi) is 5.83. The second-order valence-electron chi connectivity index (χ2n) is 4.89. The minimum Gasteiger partial charge on any atom is -0.483 e. The fourth-order valence-corrected chi connectivity index (χ4v) is 2.26. The Hall–Kier alpha value is -1.59. The van der Waals surface area contributed by atoms with Gasteiger partial charge < -0.3 is 20.5 Å². The molecule has 110 valence electrons. The van der Waals surface area contributed by atoms with E-state index in [9.17, 15) is 4.79 Å². The van der Waals surface area contributed by atoms with Crippen LogP contribution >= 0.6 is 0 Å². The summed E-state index contributed by atoms with van der Waals surface area (Å²) in [6.45, 7) is 2.03. The monoisotopic (exact) mass is 278 g/mol. The van der Waals surface area contributed by atoms with Crippen LogP contribution in [0.3, 0.4) is 0 Å². The molecule has 0 aliphatic carbocycles. The minimum atomic E-state index is -0.0838. The normalized spacial score (nSPS) is 15.8.